The fourth-order valence-corrected chi connectivity index (χ4v) is 3.21. The van der Waals surface area contributed by atoms with E-state index in [1.165, 1.54) is 0 Å². The molecule has 0 aromatic heterocycles. The van der Waals surface area contributed by atoms with Gasteiger partial charge in [0.15, 0.2) is 0 Å². The number of aliphatic hydroxyl groups is 1. The number of hydrogen-bond acceptors (Lipinski definition) is 2. The van der Waals surface area contributed by atoms with E-state index in [2.05, 4.69) is 0 Å². The third-order valence-electron chi connectivity index (χ3n) is 3.27. The van der Waals surface area contributed by atoms with Crippen molar-refractivity contribution in [1.82, 2.24) is 0 Å². The predicted octanol–water partition coefficient (Wildman–Crippen LogP) is 4.66. The van der Waals surface area contributed by atoms with Crippen LogP contribution in [0.2, 0.25) is 15.1 Å². The zero-order valence-corrected chi connectivity index (χ0v) is 12.6. The minimum absolute atomic E-state index is 0.478. The van der Waals surface area contributed by atoms with Crippen LogP contribution in [0.25, 0.3) is 0 Å². The molecule has 1 N–H and O–H groups in total. The minimum Gasteiger partial charge on any atom is -0.493 e. The van der Waals surface area contributed by atoms with Crippen LogP contribution in [0, 0.1) is 0 Å². The number of rotatable bonds is 2. The van der Waals surface area contributed by atoms with E-state index in [9.17, 15) is 5.11 Å². The summed E-state index contributed by atoms with van der Waals surface area (Å²) in [4.78, 5) is 0. The number of aliphatic hydroxyl groups excluding tert-OH is 1. The molecule has 0 radical (unpaired) electrons. The highest BCUT2D eigenvalue weighted by molar-refractivity contribution is 6.34. The van der Waals surface area contributed by atoms with Crippen LogP contribution in [0.1, 0.15) is 22.8 Å². The number of ether oxygens (including phenoxy) is 1. The fourth-order valence-electron chi connectivity index (χ4n) is 2.41. The molecule has 0 bridgehead atoms. The molecule has 2 nitrogen and oxygen atoms in total. The Morgan fingerprint density at radius 3 is 2.30 bits per heavy atom. The van der Waals surface area contributed by atoms with Gasteiger partial charge in [-0.1, -0.05) is 34.8 Å². The molecule has 1 atom stereocenters. The van der Waals surface area contributed by atoms with Gasteiger partial charge in [0.25, 0.3) is 0 Å². The van der Waals surface area contributed by atoms with Gasteiger partial charge in [0.2, 0.25) is 0 Å². The van der Waals surface area contributed by atoms with Gasteiger partial charge < -0.3 is 9.84 Å². The Kier molecular flexibility index (Phi) is 3.83. The van der Waals surface area contributed by atoms with Crippen molar-refractivity contribution < 1.29 is 9.84 Å². The molecule has 0 spiro atoms. The molecule has 104 valence electrons. The Hall–Kier alpha value is -0.930. The topological polar surface area (TPSA) is 29.5 Å². The van der Waals surface area contributed by atoms with E-state index < -0.39 is 6.10 Å². The van der Waals surface area contributed by atoms with Crippen molar-refractivity contribution >= 4 is 34.8 Å². The summed E-state index contributed by atoms with van der Waals surface area (Å²) in [5.41, 5.74) is 2.27. The summed E-state index contributed by atoms with van der Waals surface area (Å²) >= 11 is 18.1. The molecule has 0 saturated heterocycles. The number of halogens is 3. The maximum atomic E-state index is 10.6. The van der Waals surface area contributed by atoms with E-state index in [-0.39, 0.29) is 0 Å². The van der Waals surface area contributed by atoms with Crippen LogP contribution in [0.3, 0.4) is 0 Å². The quantitative estimate of drug-likeness (QED) is 0.868. The average Bonchev–Trinajstić information content (AvgIpc) is 2.83. The lowest BCUT2D eigenvalue weighted by Gasteiger charge is -2.16. The second-order valence-corrected chi connectivity index (χ2v) is 6.00. The molecule has 0 saturated carbocycles. The molecular weight excluding hydrogens is 319 g/mol. The first kappa shape index (κ1) is 14.0. The molecule has 20 heavy (non-hydrogen) atoms. The molecule has 5 heteroatoms. The van der Waals surface area contributed by atoms with E-state index >= 15 is 0 Å². The molecule has 0 fully saturated rings. The first-order valence-electron chi connectivity index (χ1n) is 6.14. The summed E-state index contributed by atoms with van der Waals surface area (Å²) in [5.74, 6) is 0.706. The van der Waals surface area contributed by atoms with Gasteiger partial charge in [-0.25, -0.2) is 0 Å². The maximum Gasteiger partial charge on any atom is 0.128 e. The predicted molar refractivity (Wildman–Crippen MR) is 81.2 cm³/mol. The van der Waals surface area contributed by atoms with Crippen molar-refractivity contribution in [2.24, 2.45) is 0 Å². The second-order valence-electron chi connectivity index (χ2n) is 4.69. The van der Waals surface area contributed by atoms with Gasteiger partial charge in [0, 0.05) is 27.1 Å². The van der Waals surface area contributed by atoms with Crippen LogP contribution >= 0.6 is 34.8 Å². The van der Waals surface area contributed by atoms with Gasteiger partial charge in [-0.2, -0.15) is 0 Å². The number of hydrogen-bond donors (Lipinski definition) is 1. The molecule has 1 heterocycles. The van der Waals surface area contributed by atoms with Crippen molar-refractivity contribution in [1.29, 1.82) is 0 Å². The van der Waals surface area contributed by atoms with Crippen molar-refractivity contribution in [2.45, 2.75) is 12.5 Å². The zero-order chi connectivity index (χ0) is 14.3. The normalized spacial score (nSPS) is 14.8. The van der Waals surface area contributed by atoms with E-state index in [4.69, 9.17) is 39.5 Å². The summed E-state index contributed by atoms with van der Waals surface area (Å²) in [6, 6.07) is 8.56. The Morgan fingerprint density at radius 2 is 1.60 bits per heavy atom. The molecule has 2 aromatic rings. The van der Waals surface area contributed by atoms with E-state index in [1.54, 1.807) is 24.3 Å². The molecule has 0 amide bonds. The van der Waals surface area contributed by atoms with Crippen LogP contribution in [-0.4, -0.2) is 11.7 Å². The Labute approximate surface area is 131 Å². The monoisotopic (exact) mass is 328 g/mol. The third kappa shape index (κ3) is 2.61. The van der Waals surface area contributed by atoms with Gasteiger partial charge in [0.1, 0.15) is 11.9 Å². The third-order valence-corrected chi connectivity index (χ3v) is 3.93. The van der Waals surface area contributed by atoms with Crippen molar-refractivity contribution in [3.8, 4) is 5.75 Å². The highest BCUT2D eigenvalue weighted by Crippen LogP contribution is 2.39. The second kappa shape index (κ2) is 5.45. The lowest BCUT2D eigenvalue weighted by atomic mass is 9.98. The summed E-state index contributed by atoms with van der Waals surface area (Å²) in [7, 11) is 0. The van der Waals surface area contributed by atoms with Crippen LogP contribution < -0.4 is 4.74 Å². The van der Waals surface area contributed by atoms with Crippen molar-refractivity contribution in [3.63, 3.8) is 0 Å². The molecule has 1 unspecified atom stereocenters. The molecular formula is C15H11Cl3O2. The fraction of sp³-hybridized carbons (Fsp3) is 0.200. The van der Waals surface area contributed by atoms with Gasteiger partial charge in [-0.3, -0.25) is 0 Å². The Balaban J connectivity index is 2.08. The van der Waals surface area contributed by atoms with E-state index in [0.29, 0.717) is 38.6 Å². The summed E-state index contributed by atoms with van der Waals surface area (Å²) in [5, 5.41) is 12.1. The first-order valence-corrected chi connectivity index (χ1v) is 7.27. The summed E-state index contributed by atoms with van der Waals surface area (Å²) in [6.07, 6.45) is -0.0805. The smallest absolute Gasteiger partial charge is 0.128 e. The lowest BCUT2D eigenvalue weighted by molar-refractivity contribution is 0.214. The largest absolute Gasteiger partial charge is 0.493 e. The Morgan fingerprint density at radius 1 is 0.950 bits per heavy atom. The SMILES string of the molecule is OC(c1cc(Cl)cc(Cl)c1)c1cc(Cl)cc2c1OCC2. The molecule has 0 aliphatic carbocycles. The maximum absolute atomic E-state index is 10.6. The Bertz CT molecular complexity index is 650. The van der Waals surface area contributed by atoms with Gasteiger partial charge in [0.05, 0.1) is 6.61 Å². The van der Waals surface area contributed by atoms with E-state index in [1.807, 2.05) is 6.07 Å². The van der Waals surface area contributed by atoms with Crippen LogP contribution in [-0.2, 0) is 6.42 Å². The first-order chi connectivity index (χ1) is 9.54. The van der Waals surface area contributed by atoms with Gasteiger partial charge in [-0.05, 0) is 41.5 Å². The van der Waals surface area contributed by atoms with Crippen LogP contribution in [0.5, 0.6) is 5.75 Å². The average molecular weight is 330 g/mol. The van der Waals surface area contributed by atoms with Gasteiger partial charge >= 0.3 is 0 Å². The van der Waals surface area contributed by atoms with Gasteiger partial charge in [-0.15, -0.1) is 0 Å². The molecule has 2 aromatic carbocycles. The molecule has 1 aliphatic heterocycles. The van der Waals surface area contributed by atoms with Crippen LogP contribution in [0.4, 0.5) is 0 Å². The molecule has 3 rings (SSSR count). The minimum atomic E-state index is -0.878. The number of fused-ring (bicyclic) bond motifs is 1. The number of benzene rings is 2. The van der Waals surface area contributed by atoms with Crippen LogP contribution in [0.15, 0.2) is 30.3 Å². The highest BCUT2D eigenvalue weighted by Gasteiger charge is 2.23. The summed E-state index contributed by atoms with van der Waals surface area (Å²) < 4.78 is 5.60. The van der Waals surface area contributed by atoms with Crippen molar-refractivity contribution in [3.05, 3.63) is 62.1 Å². The summed E-state index contributed by atoms with van der Waals surface area (Å²) in [6.45, 7) is 0.603. The molecule has 1 aliphatic rings. The zero-order valence-electron chi connectivity index (χ0n) is 10.4. The van der Waals surface area contributed by atoms with E-state index in [0.717, 1.165) is 12.0 Å². The lowest BCUT2D eigenvalue weighted by Crippen LogP contribution is -2.02. The highest BCUT2D eigenvalue weighted by atomic mass is 35.5. The standard InChI is InChI=1S/C15H11Cl3O2/c16-10-4-9(5-11(17)6-10)14(19)13-7-12(18)3-8-1-2-20-15(8)13/h3-7,14,19H,1-2H2. The van der Waals surface area contributed by atoms with Crippen molar-refractivity contribution in [2.75, 3.05) is 6.61 Å².